The maximum absolute atomic E-state index is 14.7. The molecule has 3 rings (SSSR count). The van der Waals surface area contributed by atoms with Crippen molar-refractivity contribution in [2.24, 2.45) is 5.92 Å². The minimum Gasteiger partial charge on any atom is -0.493 e. The summed E-state index contributed by atoms with van der Waals surface area (Å²) in [7, 11) is 3.13. The van der Waals surface area contributed by atoms with Crippen molar-refractivity contribution in [2.45, 2.75) is 45.7 Å². The fraction of sp³-hybridized carbons (Fsp3) is 0.355. The first-order valence-corrected chi connectivity index (χ1v) is 12.9. The quantitative estimate of drug-likeness (QED) is 0.337. The molecule has 3 aromatic carbocycles. The Morgan fingerprint density at radius 1 is 0.895 bits per heavy atom. The van der Waals surface area contributed by atoms with Crippen LogP contribution in [0.1, 0.15) is 37.0 Å². The molecule has 0 radical (unpaired) electrons. The minimum absolute atomic E-state index is 0.00988. The Labute approximate surface area is 224 Å². The highest BCUT2D eigenvalue weighted by atomic mass is 19.1. The Balaban J connectivity index is 1.91. The van der Waals surface area contributed by atoms with Crippen molar-refractivity contribution in [3.8, 4) is 11.5 Å². The maximum atomic E-state index is 14.7. The lowest BCUT2D eigenvalue weighted by molar-refractivity contribution is -0.141. The van der Waals surface area contributed by atoms with Gasteiger partial charge in [0.05, 0.1) is 14.2 Å². The molecule has 0 bridgehead atoms. The van der Waals surface area contributed by atoms with E-state index >= 15 is 0 Å². The molecule has 0 fully saturated rings. The van der Waals surface area contributed by atoms with Gasteiger partial charge in [0.1, 0.15) is 11.9 Å². The van der Waals surface area contributed by atoms with Gasteiger partial charge in [0, 0.05) is 31.5 Å². The van der Waals surface area contributed by atoms with Gasteiger partial charge in [-0.1, -0.05) is 68.4 Å². The summed E-state index contributed by atoms with van der Waals surface area (Å²) in [5.41, 5.74) is 2.18. The van der Waals surface area contributed by atoms with E-state index in [1.807, 2.05) is 56.3 Å². The number of methoxy groups -OCH3 is 2. The van der Waals surface area contributed by atoms with Crippen molar-refractivity contribution in [3.63, 3.8) is 0 Å². The molecule has 0 saturated heterocycles. The van der Waals surface area contributed by atoms with Crippen LogP contribution in [0.3, 0.4) is 0 Å². The molecule has 0 spiro atoms. The third kappa shape index (κ3) is 8.07. The fourth-order valence-electron chi connectivity index (χ4n) is 4.22. The summed E-state index contributed by atoms with van der Waals surface area (Å²) in [5, 5.41) is 2.98. The van der Waals surface area contributed by atoms with E-state index in [2.05, 4.69) is 5.32 Å². The molecule has 0 aliphatic carbocycles. The van der Waals surface area contributed by atoms with Crippen molar-refractivity contribution in [1.29, 1.82) is 0 Å². The highest BCUT2D eigenvalue weighted by molar-refractivity contribution is 5.88. The van der Waals surface area contributed by atoms with E-state index in [1.165, 1.54) is 11.0 Å². The van der Waals surface area contributed by atoms with Crippen molar-refractivity contribution >= 4 is 11.8 Å². The summed E-state index contributed by atoms with van der Waals surface area (Å²) in [5.74, 6) is 0.537. The molecule has 6 nitrogen and oxygen atoms in total. The first kappa shape index (κ1) is 28.7. The molecule has 2 amide bonds. The molecule has 7 heteroatoms. The van der Waals surface area contributed by atoms with Crippen LogP contribution in [0.25, 0.3) is 0 Å². The SMILES string of the molecule is COc1ccc(CCC(=O)N(Cc2ccccc2F)C(Cc2ccccc2)C(=O)NCC(C)C)cc1OC. The van der Waals surface area contributed by atoms with Gasteiger partial charge >= 0.3 is 0 Å². The smallest absolute Gasteiger partial charge is 0.243 e. The summed E-state index contributed by atoms with van der Waals surface area (Å²) in [6.07, 6.45) is 0.895. The monoisotopic (exact) mass is 520 g/mol. The van der Waals surface area contributed by atoms with Crippen LogP contribution in [0.15, 0.2) is 72.8 Å². The predicted molar refractivity (Wildman–Crippen MR) is 147 cm³/mol. The summed E-state index contributed by atoms with van der Waals surface area (Å²) >= 11 is 0. The molecule has 1 atom stereocenters. The van der Waals surface area contributed by atoms with Crippen LogP contribution in [0, 0.1) is 11.7 Å². The van der Waals surface area contributed by atoms with Gasteiger partial charge in [-0.2, -0.15) is 0 Å². The first-order valence-electron chi connectivity index (χ1n) is 12.9. The van der Waals surface area contributed by atoms with Crippen LogP contribution in [0.5, 0.6) is 11.5 Å². The van der Waals surface area contributed by atoms with Gasteiger partial charge in [0.15, 0.2) is 11.5 Å². The van der Waals surface area contributed by atoms with E-state index in [0.717, 1.165) is 11.1 Å². The Morgan fingerprint density at radius 2 is 1.58 bits per heavy atom. The van der Waals surface area contributed by atoms with Gasteiger partial charge in [-0.15, -0.1) is 0 Å². The molecule has 3 aromatic rings. The number of rotatable bonds is 13. The summed E-state index contributed by atoms with van der Waals surface area (Å²) in [6.45, 7) is 4.50. The number of carbonyl (C=O) groups is 2. The molecular formula is C31H37FN2O4. The normalized spacial score (nSPS) is 11.6. The van der Waals surface area contributed by atoms with Gasteiger partial charge in [-0.05, 0) is 41.7 Å². The fourth-order valence-corrected chi connectivity index (χ4v) is 4.22. The van der Waals surface area contributed by atoms with Crippen molar-refractivity contribution in [2.75, 3.05) is 20.8 Å². The second-order valence-electron chi connectivity index (χ2n) is 9.65. The zero-order valence-electron chi connectivity index (χ0n) is 22.6. The number of benzene rings is 3. The van der Waals surface area contributed by atoms with Gasteiger partial charge in [0.2, 0.25) is 11.8 Å². The lowest BCUT2D eigenvalue weighted by Crippen LogP contribution is -2.51. The standard InChI is InChI=1S/C31H37FN2O4/c1-22(2)20-33-31(36)27(18-23-10-6-5-7-11-23)34(21-25-12-8-9-13-26(25)32)30(35)17-15-24-14-16-28(37-3)29(19-24)38-4/h5-14,16,19,22,27H,15,17-18,20-21H2,1-4H3,(H,33,36). The number of hydrogen-bond donors (Lipinski definition) is 1. The largest absolute Gasteiger partial charge is 0.493 e. The van der Waals surface area contributed by atoms with E-state index in [-0.39, 0.29) is 30.7 Å². The Hall–Kier alpha value is -3.87. The summed E-state index contributed by atoms with van der Waals surface area (Å²) < 4.78 is 25.4. The van der Waals surface area contributed by atoms with Gasteiger partial charge in [-0.25, -0.2) is 4.39 Å². The lowest BCUT2D eigenvalue weighted by Gasteiger charge is -2.32. The van der Waals surface area contributed by atoms with E-state index in [9.17, 15) is 14.0 Å². The van der Waals surface area contributed by atoms with Crippen LogP contribution < -0.4 is 14.8 Å². The molecule has 1 unspecified atom stereocenters. The topological polar surface area (TPSA) is 67.9 Å². The minimum atomic E-state index is -0.798. The molecule has 38 heavy (non-hydrogen) atoms. The zero-order valence-corrected chi connectivity index (χ0v) is 22.6. The predicted octanol–water partition coefficient (Wildman–Crippen LogP) is 5.19. The maximum Gasteiger partial charge on any atom is 0.243 e. The van der Waals surface area contributed by atoms with E-state index in [4.69, 9.17) is 9.47 Å². The van der Waals surface area contributed by atoms with Crippen LogP contribution in [0.2, 0.25) is 0 Å². The highest BCUT2D eigenvalue weighted by Gasteiger charge is 2.30. The van der Waals surface area contributed by atoms with E-state index < -0.39 is 11.9 Å². The number of nitrogens with zero attached hydrogens (tertiary/aromatic N) is 1. The number of carbonyl (C=O) groups excluding carboxylic acids is 2. The number of amides is 2. The van der Waals surface area contributed by atoms with Gasteiger partial charge in [0.25, 0.3) is 0 Å². The highest BCUT2D eigenvalue weighted by Crippen LogP contribution is 2.28. The number of aryl methyl sites for hydroxylation is 1. The molecule has 0 aliphatic rings. The number of halogens is 1. The molecule has 1 N–H and O–H groups in total. The molecule has 0 saturated carbocycles. The summed E-state index contributed by atoms with van der Waals surface area (Å²) in [4.78, 5) is 28.7. The lowest BCUT2D eigenvalue weighted by atomic mass is 10.0. The number of ether oxygens (including phenoxy) is 2. The number of nitrogens with one attached hydrogen (secondary N) is 1. The average molecular weight is 521 g/mol. The van der Waals surface area contributed by atoms with E-state index in [1.54, 1.807) is 38.5 Å². The molecule has 0 heterocycles. The Morgan fingerprint density at radius 3 is 2.24 bits per heavy atom. The zero-order chi connectivity index (χ0) is 27.5. The van der Waals surface area contributed by atoms with Crippen LogP contribution in [-0.2, 0) is 29.0 Å². The van der Waals surface area contributed by atoms with Crippen molar-refractivity contribution in [3.05, 3.63) is 95.3 Å². The average Bonchev–Trinajstić information content (AvgIpc) is 2.93. The molecule has 202 valence electrons. The molecular weight excluding hydrogens is 483 g/mol. The van der Waals surface area contributed by atoms with Crippen LogP contribution in [-0.4, -0.2) is 43.5 Å². The first-order chi connectivity index (χ1) is 18.3. The number of hydrogen-bond acceptors (Lipinski definition) is 4. The second kappa shape index (κ2) is 14.2. The van der Waals surface area contributed by atoms with Crippen molar-refractivity contribution < 1.29 is 23.5 Å². The van der Waals surface area contributed by atoms with Crippen LogP contribution >= 0.6 is 0 Å². The molecule has 0 aliphatic heterocycles. The molecule has 0 aromatic heterocycles. The summed E-state index contributed by atoms with van der Waals surface area (Å²) in [6, 6.07) is 20.6. The Kier molecular flexibility index (Phi) is 10.7. The third-order valence-electron chi connectivity index (χ3n) is 6.33. The second-order valence-corrected chi connectivity index (χ2v) is 9.65. The van der Waals surface area contributed by atoms with Crippen molar-refractivity contribution in [1.82, 2.24) is 10.2 Å². The van der Waals surface area contributed by atoms with Gasteiger partial charge in [-0.3, -0.25) is 9.59 Å². The van der Waals surface area contributed by atoms with Crippen LogP contribution in [0.4, 0.5) is 4.39 Å². The van der Waals surface area contributed by atoms with Gasteiger partial charge < -0.3 is 19.7 Å². The van der Waals surface area contributed by atoms with E-state index in [0.29, 0.717) is 36.4 Å². The third-order valence-corrected chi connectivity index (χ3v) is 6.33. The Bertz CT molecular complexity index is 1200.